The van der Waals surface area contributed by atoms with E-state index in [4.69, 9.17) is 0 Å². The first-order valence-electron chi connectivity index (χ1n) is 4.52. The van der Waals surface area contributed by atoms with Crippen molar-refractivity contribution in [1.82, 2.24) is 0 Å². The maximum atomic E-state index is 12.9. The van der Waals surface area contributed by atoms with E-state index in [9.17, 15) is 14.5 Å². The van der Waals surface area contributed by atoms with E-state index in [0.29, 0.717) is 0 Å². The molecular formula is C10H13FN2O2. The summed E-state index contributed by atoms with van der Waals surface area (Å²) >= 11 is 0. The molecule has 0 spiro atoms. The number of halogens is 1. The highest BCUT2D eigenvalue weighted by Crippen LogP contribution is 2.27. The predicted molar refractivity (Wildman–Crippen MR) is 56.4 cm³/mol. The Morgan fingerprint density at radius 1 is 1.40 bits per heavy atom. The molecule has 4 nitrogen and oxygen atoms in total. The summed E-state index contributed by atoms with van der Waals surface area (Å²) in [5, 5.41) is 13.6. The zero-order chi connectivity index (χ0) is 11.6. The van der Waals surface area contributed by atoms with E-state index in [1.807, 2.05) is 20.8 Å². The minimum absolute atomic E-state index is 0.119. The molecule has 1 rings (SSSR count). The van der Waals surface area contributed by atoms with Crippen LogP contribution in [0.15, 0.2) is 18.2 Å². The van der Waals surface area contributed by atoms with Gasteiger partial charge in [-0.3, -0.25) is 10.1 Å². The smallest absolute Gasteiger partial charge is 0.292 e. The first-order chi connectivity index (χ1) is 6.79. The van der Waals surface area contributed by atoms with Crippen LogP contribution >= 0.6 is 0 Å². The van der Waals surface area contributed by atoms with Crippen molar-refractivity contribution in [2.45, 2.75) is 26.3 Å². The standard InChI is InChI=1S/C10H13FN2O2/c1-10(2,3)12-8-6-7(11)4-5-9(8)13(14)15/h4-6,12H,1-3H3. The number of nitrogens with one attached hydrogen (secondary N) is 1. The molecule has 0 heterocycles. The summed E-state index contributed by atoms with van der Waals surface area (Å²) in [7, 11) is 0. The van der Waals surface area contributed by atoms with E-state index in [0.717, 1.165) is 18.2 Å². The highest BCUT2D eigenvalue weighted by Gasteiger charge is 2.18. The maximum Gasteiger partial charge on any atom is 0.292 e. The van der Waals surface area contributed by atoms with Crippen molar-refractivity contribution in [2.75, 3.05) is 5.32 Å². The molecule has 0 amide bonds. The average molecular weight is 212 g/mol. The van der Waals surface area contributed by atoms with Gasteiger partial charge in [-0.2, -0.15) is 0 Å². The van der Waals surface area contributed by atoms with Gasteiger partial charge < -0.3 is 5.32 Å². The molecule has 0 aliphatic rings. The lowest BCUT2D eigenvalue weighted by molar-refractivity contribution is -0.384. The molecule has 0 aliphatic heterocycles. The number of anilines is 1. The third kappa shape index (κ3) is 3.19. The monoisotopic (exact) mass is 212 g/mol. The molecule has 0 saturated carbocycles. The fourth-order valence-corrected chi connectivity index (χ4v) is 1.17. The Morgan fingerprint density at radius 2 is 2.00 bits per heavy atom. The summed E-state index contributed by atoms with van der Waals surface area (Å²) in [6.45, 7) is 5.55. The molecule has 0 saturated heterocycles. The van der Waals surface area contributed by atoms with Crippen molar-refractivity contribution in [3.8, 4) is 0 Å². The van der Waals surface area contributed by atoms with Gasteiger partial charge in [0.25, 0.3) is 5.69 Å². The Labute approximate surface area is 87.3 Å². The summed E-state index contributed by atoms with van der Waals surface area (Å²) in [4.78, 5) is 10.1. The average Bonchev–Trinajstić information content (AvgIpc) is 1.99. The van der Waals surface area contributed by atoms with E-state index >= 15 is 0 Å². The van der Waals surface area contributed by atoms with Crippen LogP contribution in [0.4, 0.5) is 15.8 Å². The molecule has 0 aliphatic carbocycles. The molecule has 82 valence electrons. The van der Waals surface area contributed by atoms with Crippen molar-refractivity contribution in [2.24, 2.45) is 0 Å². The third-order valence-corrected chi connectivity index (χ3v) is 1.66. The molecule has 0 bridgehead atoms. The summed E-state index contributed by atoms with van der Waals surface area (Å²) in [6.07, 6.45) is 0. The fraction of sp³-hybridized carbons (Fsp3) is 0.400. The lowest BCUT2D eigenvalue weighted by Gasteiger charge is -2.21. The van der Waals surface area contributed by atoms with Gasteiger partial charge in [0.1, 0.15) is 11.5 Å². The minimum atomic E-state index is -0.534. The quantitative estimate of drug-likeness (QED) is 0.605. The van der Waals surface area contributed by atoms with Gasteiger partial charge in [-0.25, -0.2) is 4.39 Å². The van der Waals surface area contributed by atoms with Crippen molar-refractivity contribution in [1.29, 1.82) is 0 Å². The normalized spacial score (nSPS) is 11.2. The number of hydrogen-bond acceptors (Lipinski definition) is 3. The van der Waals surface area contributed by atoms with Crippen molar-refractivity contribution >= 4 is 11.4 Å². The van der Waals surface area contributed by atoms with Crippen molar-refractivity contribution in [3.05, 3.63) is 34.1 Å². The number of rotatable bonds is 2. The van der Waals surface area contributed by atoms with Gasteiger partial charge in [-0.15, -0.1) is 0 Å². The molecule has 0 unspecified atom stereocenters. The zero-order valence-electron chi connectivity index (χ0n) is 8.87. The zero-order valence-corrected chi connectivity index (χ0v) is 8.87. The van der Waals surface area contributed by atoms with E-state index in [1.165, 1.54) is 0 Å². The molecular weight excluding hydrogens is 199 g/mol. The Kier molecular flexibility index (Phi) is 2.93. The number of hydrogen-bond donors (Lipinski definition) is 1. The highest BCUT2D eigenvalue weighted by atomic mass is 19.1. The van der Waals surface area contributed by atoms with Crippen LogP contribution in [0.3, 0.4) is 0 Å². The summed E-state index contributed by atoms with van der Waals surface area (Å²) < 4.78 is 12.9. The van der Waals surface area contributed by atoms with Gasteiger partial charge in [0.05, 0.1) is 4.92 Å². The molecule has 0 aromatic heterocycles. The lowest BCUT2D eigenvalue weighted by atomic mass is 10.1. The van der Waals surface area contributed by atoms with E-state index < -0.39 is 10.7 Å². The van der Waals surface area contributed by atoms with Gasteiger partial charge in [-0.05, 0) is 26.8 Å². The van der Waals surface area contributed by atoms with Crippen LogP contribution in [0.2, 0.25) is 0 Å². The Morgan fingerprint density at radius 3 is 2.47 bits per heavy atom. The fourth-order valence-electron chi connectivity index (χ4n) is 1.17. The largest absolute Gasteiger partial charge is 0.375 e. The second kappa shape index (κ2) is 3.84. The summed E-state index contributed by atoms with van der Waals surface area (Å²) in [5.41, 5.74) is -0.266. The second-order valence-electron chi connectivity index (χ2n) is 4.29. The summed E-state index contributed by atoms with van der Waals surface area (Å²) in [6, 6.07) is 3.36. The van der Waals surface area contributed by atoms with Gasteiger partial charge in [0.15, 0.2) is 0 Å². The van der Waals surface area contributed by atoms with Gasteiger partial charge in [0.2, 0.25) is 0 Å². The first kappa shape index (κ1) is 11.4. The Hall–Kier alpha value is -1.65. The minimum Gasteiger partial charge on any atom is -0.375 e. The summed E-state index contributed by atoms with van der Waals surface area (Å²) in [5.74, 6) is -0.493. The molecule has 1 N–H and O–H groups in total. The Bertz CT molecular complexity index is 385. The van der Waals surface area contributed by atoms with Crippen LogP contribution in [0.25, 0.3) is 0 Å². The topological polar surface area (TPSA) is 55.2 Å². The van der Waals surface area contributed by atoms with Gasteiger partial charge in [0, 0.05) is 17.7 Å². The van der Waals surface area contributed by atoms with Crippen LogP contribution in [0.1, 0.15) is 20.8 Å². The van der Waals surface area contributed by atoms with Crippen LogP contribution in [0, 0.1) is 15.9 Å². The van der Waals surface area contributed by atoms with E-state index in [1.54, 1.807) is 0 Å². The van der Waals surface area contributed by atoms with Crippen LogP contribution in [-0.2, 0) is 0 Å². The maximum absolute atomic E-state index is 12.9. The molecule has 15 heavy (non-hydrogen) atoms. The number of benzene rings is 1. The van der Waals surface area contributed by atoms with Gasteiger partial charge in [-0.1, -0.05) is 0 Å². The molecule has 0 atom stereocenters. The first-order valence-corrected chi connectivity index (χ1v) is 4.52. The lowest BCUT2D eigenvalue weighted by Crippen LogP contribution is -2.26. The van der Waals surface area contributed by atoms with Crippen LogP contribution < -0.4 is 5.32 Å². The van der Waals surface area contributed by atoms with Gasteiger partial charge >= 0.3 is 0 Å². The number of nitro benzene ring substituents is 1. The molecule has 1 aromatic carbocycles. The molecule has 1 aromatic rings. The number of nitro groups is 1. The second-order valence-corrected chi connectivity index (χ2v) is 4.29. The van der Waals surface area contributed by atoms with E-state index in [2.05, 4.69) is 5.32 Å². The molecule has 0 fully saturated rings. The molecule has 0 radical (unpaired) electrons. The SMILES string of the molecule is CC(C)(C)Nc1cc(F)ccc1[N+](=O)[O-]. The van der Waals surface area contributed by atoms with E-state index in [-0.39, 0.29) is 16.9 Å². The third-order valence-electron chi connectivity index (χ3n) is 1.66. The number of nitrogens with zero attached hydrogens (tertiary/aromatic N) is 1. The predicted octanol–water partition coefficient (Wildman–Crippen LogP) is 2.94. The van der Waals surface area contributed by atoms with Crippen LogP contribution in [0.5, 0.6) is 0 Å². The van der Waals surface area contributed by atoms with Crippen LogP contribution in [-0.4, -0.2) is 10.5 Å². The van der Waals surface area contributed by atoms with Crippen molar-refractivity contribution in [3.63, 3.8) is 0 Å². The molecule has 5 heteroatoms. The Balaban J connectivity index is 3.13. The highest BCUT2D eigenvalue weighted by molar-refractivity contribution is 5.62. The van der Waals surface area contributed by atoms with Crippen molar-refractivity contribution < 1.29 is 9.31 Å².